The minimum atomic E-state index is -0.991. The Kier molecular flexibility index (Phi) is 2.84. The maximum Gasteiger partial charge on any atom is 0.337 e. The Balaban J connectivity index is 2.13. The number of fused-ring (bicyclic) bond motifs is 1. The van der Waals surface area contributed by atoms with Crippen LogP contribution < -0.4 is 0 Å². The lowest BCUT2D eigenvalue weighted by Gasteiger charge is -2.05. The number of aromatic nitrogens is 1. The van der Waals surface area contributed by atoms with Gasteiger partial charge < -0.3 is 10.2 Å². The molecule has 0 spiro atoms. The van der Waals surface area contributed by atoms with Crippen LogP contribution in [0, 0.1) is 0 Å². The summed E-state index contributed by atoms with van der Waals surface area (Å²) in [6.07, 6.45) is 1.35. The molecule has 1 heterocycles. The summed E-state index contributed by atoms with van der Waals surface area (Å²) < 4.78 is 0. The van der Waals surface area contributed by atoms with Gasteiger partial charge in [-0.25, -0.2) is 4.79 Å². The van der Waals surface area contributed by atoms with Crippen LogP contribution in [0.3, 0.4) is 0 Å². The molecule has 0 fully saturated rings. The Morgan fingerprint density at radius 2 is 1.65 bits per heavy atom. The van der Waals surface area contributed by atoms with Crippen LogP contribution in [-0.4, -0.2) is 21.2 Å². The predicted octanol–water partition coefficient (Wildman–Crippen LogP) is 3.31. The Labute approximate surface area is 115 Å². The molecule has 4 nitrogen and oxygen atoms in total. The largest absolute Gasteiger partial charge is 0.508 e. The summed E-state index contributed by atoms with van der Waals surface area (Å²) >= 11 is 0. The first kappa shape index (κ1) is 12.2. The first-order valence-electron chi connectivity index (χ1n) is 6.06. The molecule has 1 aromatic heterocycles. The summed E-state index contributed by atoms with van der Waals surface area (Å²) in [7, 11) is 0. The SMILES string of the molecule is O=C(O)c1cnc2ccc(-c3ccc(O)cc3)cc2c1. The molecule has 4 heteroatoms. The molecule has 0 saturated heterocycles. The summed E-state index contributed by atoms with van der Waals surface area (Å²) in [5.74, 6) is -0.779. The van der Waals surface area contributed by atoms with E-state index in [2.05, 4.69) is 4.98 Å². The first-order chi connectivity index (χ1) is 9.63. The molecule has 3 aromatic rings. The first-order valence-corrected chi connectivity index (χ1v) is 6.06. The molecular formula is C16H11NO3. The molecule has 0 amide bonds. The van der Waals surface area contributed by atoms with Crippen molar-refractivity contribution in [2.24, 2.45) is 0 Å². The zero-order chi connectivity index (χ0) is 14.1. The number of hydrogen-bond acceptors (Lipinski definition) is 3. The summed E-state index contributed by atoms with van der Waals surface area (Å²) in [4.78, 5) is 15.1. The topological polar surface area (TPSA) is 70.4 Å². The van der Waals surface area contributed by atoms with Crippen molar-refractivity contribution in [3.8, 4) is 16.9 Å². The molecule has 0 radical (unpaired) electrons. The van der Waals surface area contributed by atoms with Gasteiger partial charge in [-0.3, -0.25) is 4.98 Å². The Bertz CT molecular complexity index is 794. The summed E-state index contributed by atoms with van der Waals surface area (Å²) in [6, 6.07) is 14.1. The maximum absolute atomic E-state index is 11.0. The van der Waals surface area contributed by atoms with Crippen molar-refractivity contribution in [3.05, 3.63) is 60.3 Å². The lowest BCUT2D eigenvalue weighted by atomic mass is 10.0. The van der Waals surface area contributed by atoms with Gasteiger partial charge >= 0.3 is 5.97 Å². The number of aromatic hydroxyl groups is 1. The monoisotopic (exact) mass is 265 g/mol. The minimum absolute atomic E-state index is 0.167. The predicted molar refractivity (Wildman–Crippen MR) is 75.8 cm³/mol. The van der Waals surface area contributed by atoms with Gasteiger partial charge in [0, 0.05) is 11.6 Å². The Morgan fingerprint density at radius 3 is 2.35 bits per heavy atom. The molecule has 0 atom stereocenters. The lowest BCUT2D eigenvalue weighted by Crippen LogP contribution is -1.96. The van der Waals surface area contributed by atoms with Gasteiger partial charge in [0.25, 0.3) is 0 Å². The molecule has 0 aliphatic heterocycles. The third kappa shape index (κ3) is 2.19. The van der Waals surface area contributed by atoms with Gasteiger partial charge in [0.1, 0.15) is 5.75 Å². The number of carboxylic acid groups (broad SMARTS) is 1. The fourth-order valence-electron chi connectivity index (χ4n) is 2.08. The van der Waals surface area contributed by atoms with Crippen molar-refractivity contribution < 1.29 is 15.0 Å². The molecule has 20 heavy (non-hydrogen) atoms. The molecule has 0 aliphatic carbocycles. The quantitative estimate of drug-likeness (QED) is 0.745. The zero-order valence-electron chi connectivity index (χ0n) is 10.4. The fourth-order valence-corrected chi connectivity index (χ4v) is 2.08. The normalized spacial score (nSPS) is 10.6. The van der Waals surface area contributed by atoms with Crippen LogP contribution in [-0.2, 0) is 0 Å². The number of benzene rings is 2. The van der Waals surface area contributed by atoms with Crippen LogP contribution in [0.1, 0.15) is 10.4 Å². The molecule has 0 saturated carbocycles. The van der Waals surface area contributed by atoms with Crippen LogP contribution in [0.5, 0.6) is 5.75 Å². The summed E-state index contributed by atoms with van der Waals surface area (Å²) in [5.41, 5.74) is 2.81. The fraction of sp³-hybridized carbons (Fsp3) is 0. The number of rotatable bonds is 2. The number of carboxylic acids is 1. The van der Waals surface area contributed by atoms with Gasteiger partial charge in [-0.2, -0.15) is 0 Å². The number of phenols is 1. The molecule has 3 rings (SSSR count). The summed E-state index contributed by atoms with van der Waals surface area (Å²) in [5, 5.41) is 19.1. The molecule has 98 valence electrons. The van der Waals surface area contributed by atoms with E-state index in [1.165, 1.54) is 6.20 Å². The van der Waals surface area contributed by atoms with Crippen LogP contribution in [0.25, 0.3) is 22.0 Å². The van der Waals surface area contributed by atoms with Crippen molar-refractivity contribution >= 4 is 16.9 Å². The van der Waals surface area contributed by atoms with Gasteiger partial charge in [0.05, 0.1) is 11.1 Å². The van der Waals surface area contributed by atoms with Gasteiger partial charge in [-0.05, 0) is 41.5 Å². The molecule has 2 N–H and O–H groups in total. The highest BCUT2D eigenvalue weighted by molar-refractivity contribution is 5.93. The molecule has 0 bridgehead atoms. The number of hydrogen-bond donors (Lipinski definition) is 2. The molecule has 0 unspecified atom stereocenters. The third-order valence-electron chi connectivity index (χ3n) is 3.13. The van der Waals surface area contributed by atoms with Crippen molar-refractivity contribution in [1.29, 1.82) is 0 Å². The second-order valence-electron chi connectivity index (χ2n) is 4.48. The van der Waals surface area contributed by atoms with Crippen LogP contribution >= 0.6 is 0 Å². The number of phenolic OH excluding ortho intramolecular Hbond substituents is 1. The van der Waals surface area contributed by atoms with Gasteiger partial charge in [0.15, 0.2) is 0 Å². The van der Waals surface area contributed by atoms with Crippen LogP contribution in [0.4, 0.5) is 0 Å². The highest BCUT2D eigenvalue weighted by Gasteiger charge is 2.06. The van der Waals surface area contributed by atoms with E-state index in [0.717, 1.165) is 22.0 Å². The van der Waals surface area contributed by atoms with Crippen LogP contribution in [0.2, 0.25) is 0 Å². The van der Waals surface area contributed by atoms with E-state index in [1.54, 1.807) is 18.2 Å². The van der Waals surface area contributed by atoms with Crippen molar-refractivity contribution in [1.82, 2.24) is 4.98 Å². The van der Waals surface area contributed by atoms with E-state index >= 15 is 0 Å². The second-order valence-corrected chi connectivity index (χ2v) is 4.48. The standard InChI is InChI=1S/C16H11NO3/c18-14-4-1-10(2-5-14)11-3-6-15-12(7-11)8-13(9-17-15)16(19)20/h1-9,18H,(H,19,20). The average molecular weight is 265 g/mol. The van der Waals surface area contributed by atoms with E-state index in [4.69, 9.17) is 5.11 Å². The smallest absolute Gasteiger partial charge is 0.337 e. The van der Waals surface area contributed by atoms with Crippen molar-refractivity contribution in [3.63, 3.8) is 0 Å². The number of carbonyl (C=O) groups is 1. The maximum atomic E-state index is 11.0. The number of aromatic carboxylic acids is 1. The summed E-state index contributed by atoms with van der Waals surface area (Å²) in [6.45, 7) is 0. The van der Waals surface area contributed by atoms with Crippen molar-refractivity contribution in [2.45, 2.75) is 0 Å². The zero-order valence-corrected chi connectivity index (χ0v) is 10.4. The molecular weight excluding hydrogens is 254 g/mol. The van der Waals surface area contributed by atoms with E-state index in [9.17, 15) is 9.90 Å². The third-order valence-corrected chi connectivity index (χ3v) is 3.13. The van der Waals surface area contributed by atoms with E-state index in [1.807, 2.05) is 30.3 Å². The highest BCUT2D eigenvalue weighted by Crippen LogP contribution is 2.25. The Morgan fingerprint density at radius 1 is 0.950 bits per heavy atom. The number of pyridine rings is 1. The van der Waals surface area contributed by atoms with E-state index < -0.39 is 5.97 Å². The second kappa shape index (κ2) is 4.66. The van der Waals surface area contributed by atoms with E-state index in [0.29, 0.717) is 0 Å². The minimum Gasteiger partial charge on any atom is -0.508 e. The Hall–Kier alpha value is -2.88. The lowest BCUT2D eigenvalue weighted by molar-refractivity contribution is 0.0696. The van der Waals surface area contributed by atoms with Gasteiger partial charge in [-0.15, -0.1) is 0 Å². The van der Waals surface area contributed by atoms with Gasteiger partial charge in [-0.1, -0.05) is 18.2 Å². The van der Waals surface area contributed by atoms with Gasteiger partial charge in [0.2, 0.25) is 0 Å². The van der Waals surface area contributed by atoms with E-state index in [-0.39, 0.29) is 11.3 Å². The highest BCUT2D eigenvalue weighted by atomic mass is 16.4. The molecule has 0 aliphatic rings. The number of nitrogens with zero attached hydrogens (tertiary/aromatic N) is 1. The molecule has 2 aromatic carbocycles. The van der Waals surface area contributed by atoms with Crippen LogP contribution in [0.15, 0.2) is 54.7 Å². The van der Waals surface area contributed by atoms with Crippen molar-refractivity contribution in [2.75, 3.05) is 0 Å². The average Bonchev–Trinajstić information content (AvgIpc) is 2.47.